The minimum Gasteiger partial charge on any atom is -0.492 e. The number of halogens is 1. The lowest BCUT2D eigenvalue weighted by molar-refractivity contribution is 0.191. The molecule has 4 heteroatoms. The molecule has 0 bridgehead atoms. The number of hydrogen-bond acceptors (Lipinski definition) is 3. The molecule has 1 heterocycles. The summed E-state index contributed by atoms with van der Waals surface area (Å²) >= 11 is 3.54. The number of ether oxygens (including phenoxy) is 1. The molecular formula is C20H21BrO3. The zero-order valence-corrected chi connectivity index (χ0v) is 15.5. The molecule has 3 aromatic rings. The van der Waals surface area contributed by atoms with Gasteiger partial charge >= 0.3 is 0 Å². The van der Waals surface area contributed by atoms with Crippen LogP contribution in [0.3, 0.4) is 0 Å². The number of aliphatic hydroxyl groups is 1. The van der Waals surface area contributed by atoms with Gasteiger partial charge in [-0.15, -0.1) is 0 Å². The van der Waals surface area contributed by atoms with E-state index in [0.29, 0.717) is 12.4 Å². The number of hydrogen-bond donors (Lipinski definition) is 1. The first kappa shape index (κ1) is 17.1. The van der Waals surface area contributed by atoms with Crippen molar-refractivity contribution in [3.63, 3.8) is 0 Å². The number of rotatable bonds is 6. The topological polar surface area (TPSA) is 42.6 Å². The second kappa shape index (κ2) is 7.41. The Balaban J connectivity index is 1.89. The molecule has 0 amide bonds. The van der Waals surface area contributed by atoms with Gasteiger partial charge < -0.3 is 14.3 Å². The summed E-state index contributed by atoms with van der Waals surface area (Å²) in [5, 5.41) is 11.7. The Morgan fingerprint density at radius 2 is 2.00 bits per heavy atom. The van der Waals surface area contributed by atoms with E-state index in [2.05, 4.69) is 22.9 Å². The zero-order valence-electron chi connectivity index (χ0n) is 13.9. The molecule has 0 fully saturated rings. The van der Waals surface area contributed by atoms with E-state index in [-0.39, 0.29) is 0 Å². The number of unbranched alkanes of at least 4 members (excludes halogenated alkanes) is 1. The van der Waals surface area contributed by atoms with E-state index in [1.54, 1.807) is 0 Å². The Kier molecular flexibility index (Phi) is 5.27. The average Bonchev–Trinajstić information content (AvgIpc) is 3.01. The summed E-state index contributed by atoms with van der Waals surface area (Å²) in [5.41, 5.74) is 2.56. The molecule has 0 radical (unpaired) electrons. The first-order valence-electron chi connectivity index (χ1n) is 8.19. The number of para-hydroxylation sites is 1. The summed E-state index contributed by atoms with van der Waals surface area (Å²) < 4.78 is 12.4. The number of benzene rings is 2. The highest BCUT2D eigenvalue weighted by Crippen LogP contribution is 2.35. The van der Waals surface area contributed by atoms with E-state index in [4.69, 9.17) is 9.15 Å². The van der Waals surface area contributed by atoms with Gasteiger partial charge in [0.2, 0.25) is 0 Å². The predicted octanol–water partition coefficient (Wildman–Crippen LogP) is 5.76. The van der Waals surface area contributed by atoms with Crippen LogP contribution >= 0.6 is 15.9 Å². The molecule has 0 aliphatic rings. The van der Waals surface area contributed by atoms with Gasteiger partial charge in [-0.2, -0.15) is 0 Å². The van der Waals surface area contributed by atoms with E-state index in [9.17, 15) is 5.11 Å². The number of furan rings is 1. The van der Waals surface area contributed by atoms with Crippen LogP contribution in [0.15, 0.2) is 51.4 Å². The van der Waals surface area contributed by atoms with Gasteiger partial charge in [0, 0.05) is 5.39 Å². The molecule has 0 aliphatic heterocycles. The van der Waals surface area contributed by atoms with Crippen LogP contribution in [0.4, 0.5) is 0 Å². The summed E-state index contributed by atoms with van der Waals surface area (Å²) in [6, 6.07) is 13.5. The van der Waals surface area contributed by atoms with Crippen LogP contribution in [-0.4, -0.2) is 11.7 Å². The molecule has 2 aromatic carbocycles. The van der Waals surface area contributed by atoms with Crippen LogP contribution in [0, 0.1) is 6.92 Å². The monoisotopic (exact) mass is 388 g/mol. The van der Waals surface area contributed by atoms with E-state index >= 15 is 0 Å². The minimum atomic E-state index is -0.807. The van der Waals surface area contributed by atoms with Crippen LogP contribution in [0.5, 0.6) is 5.75 Å². The van der Waals surface area contributed by atoms with Crippen molar-refractivity contribution in [2.45, 2.75) is 32.8 Å². The molecular weight excluding hydrogens is 368 g/mol. The van der Waals surface area contributed by atoms with E-state index in [0.717, 1.165) is 45.2 Å². The average molecular weight is 389 g/mol. The molecule has 1 unspecified atom stereocenters. The normalized spacial score (nSPS) is 12.5. The largest absolute Gasteiger partial charge is 0.492 e. The Bertz CT molecular complexity index is 805. The van der Waals surface area contributed by atoms with Gasteiger partial charge in [0.15, 0.2) is 0 Å². The van der Waals surface area contributed by atoms with Crippen molar-refractivity contribution in [3.05, 3.63) is 63.8 Å². The summed E-state index contributed by atoms with van der Waals surface area (Å²) in [5.74, 6) is 1.35. The first-order chi connectivity index (χ1) is 11.6. The highest BCUT2D eigenvalue weighted by atomic mass is 79.9. The Morgan fingerprint density at radius 3 is 2.75 bits per heavy atom. The van der Waals surface area contributed by atoms with Crippen LogP contribution in [0.25, 0.3) is 11.0 Å². The van der Waals surface area contributed by atoms with Crippen molar-refractivity contribution < 1.29 is 14.3 Å². The van der Waals surface area contributed by atoms with Crippen LogP contribution < -0.4 is 4.74 Å². The molecule has 0 spiro atoms. The maximum absolute atomic E-state index is 10.7. The molecule has 24 heavy (non-hydrogen) atoms. The fourth-order valence-corrected chi connectivity index (χ4v) is 3.17. The molecule has 0 saturated carbocycles. The summed E-state index contributed by atoms with van der Waals surface area (Å²) in [4.78, 5) is 0. The zero-order chi connectivity index (χ0) is 17.1. The number of fused-ring (bicyclic) bond motifs is 1. The molecule has 3 rings (SSSR count). The van der Waals surface area contributed by atoms with Crippen molar-refractivity contribution in [1.82, 2.24) is 0 Å². The van der Waals surface area contributed by atoms with Crippen LogP contribution in [-0.2, 0) is 0 Å². The van der Waals surface area contributed by atoms with Crippen molar-refractivity contribution >= 4 is 26.9 Å². The first-order valence-corrected chi connectivity index (χ1v) is 8.99. The van der Waals surface area contributed by atoms with Gasteiger partial charge in [0.1, 0.15) is 23.2 Å². The van der Waals surface area contributed by atoms with Gasteiger partial charge in [0.05, 0.1) is 11.1 Å². The van der Waals surface area contributed by atoms with Gasteiger partial charge in [-0.05, 0) is 64.7 Å². The molecule has 1 N–H and O–H groups in total. The van der Waals surface area contributed by atoms with Gasteiger partial charge in [-0.1, -0.05) is 31.5 Å². The quantitative estimate of drug-likeness (QED) is 0.545. The lowest BCUT2D eigenvalue weighted by atomic mass is 10.0. The minimum absolute atomic E-state index is 0.547. The fraction of sp³-hybridized carbons (Fsp3) is 0.300. The third-order valence-electron chi connectivity index (χ3n) is 4.08. The highest BCUT2D eigenvalue weighted by molar-refractivity contribution is 9.10. The Labute approximate surface area is 150 Å². The van der Waals surface area contributed by atoms with Crippen molar-refractivity contribution in [3.8, 4) is 5.75 Å². The Hall–Kier alpha value is -1.78. The van der Waals surface area contributed by atoms with E-state index < -0.39 is 6.10 Å². The fourth-order valence-electron chi connectivity index (χ4n) is 2.69. The lowest BCUT2D eigenvalue weighted by Gasteiger charge is -2.15. The number of aryl methyl sites for hydroxylation is 1. The third kappa shape index (κ3) is 3.50. The molecule has 0 aliphatic carbocycles. The second-order valence-electron chi connectivity index (χ2n) is 5.93. The smallest absolute Gasteiger partial charge is 0.138 e. The highest BCUT2D eigenvalue weighted by Gasteiger charge is 2.19. The standard InChI is InChI=1S/C20H21BrO3/c1-3-4-9-23-18-10-13(2)15(12-16(18)21)20(22)19-11-14-7-5-6-8-17(14)24-19/h5-8,10-12,20,22H,3-4,9H2,1-2H3. The lowest BCUT2D eigenvalue weighted by Crippen LogP contribution is -2.03. The molecule has 1 aromatic heterocycles. The molecule has 1 atom stereocenters. The van der Waals surface area contributed by atoms with E-state index in [1.807, 2.05) is 49.4 Å². The third-order valence-corrected chi connectivity index (χ3v) is 4.70. The maximum atomic E-state index is 10.7. The number of aliphatic hydroxyl groups excluding tert-OH is 1. The van der Waals surface area contributed by atoms with Gasteiger partial charge in [0.25, 0.3) is 0 Å². The van der Waals surface area contributed by atoms with Crippen molar-refractivity contribution in [2.24, 2.45) is 0 Å². The van der Waals surface area contributed by atoms with Gasteiger partial charge in [-0.25, -0.2) is 0 Å². The summed E-state index contributed by atoms with van der Waals surface area (Å²) in [6.45, 7) is 4.80. The van der Waals surface area contributed by atoms with Crippen molar-refractivity contribution in [2.75, 3.05) is 6.61 Å². The second-order valence-corrected chi connectivity index (χ2v) is 6.78. The molecule has 126 valence electrons. The summed E-state index contributed by atoms with van der Waals surface area (Å²) in [6.07, 6.45) is 1.31. The maximum Gasteiger partial charge on any atom is 0.138 e. The Morgan fingerprint density at radius 1 is 1.21 bits per heavy atom. The molecule has 0 saturated heterocycles. The van der Waals surface area contributed by atoms with Crippen LogP contribution in [0.2, 0.25) is 0 Å². The summed E-state index contributed by atoms with van der Waals surface area (Å²) in [7, 11) is 0. The van der Waals surface area contributed by atoms with E-state index in [1.165, 1.54) is 0 Å². The van der Waals surface area contributed by atoms with Crippen molar-refractivity contribution in [1.29, 1.82) is 0 Å². The predicted molar refractivity (Wildman–Crippen MR) is 99.6 cm³/mol. The molecule has 3 nitrogen and oxygen atoms in total. The SMILES string of the molecule is CCCCOc1cc(C)c(C(O)c2cc3ccccc3o2)cc1Br. The van der Waals surface area contributed by atoms with Crippen LogP contribution in [0.1, 0.15) is 42.8 Å². The van der Waals surface area contributed by atoms with Gasteiger partial charge in [-0.3, -0.25) is 0 Å².